The number of hydrogen-bond donors (Lipinski definition) is 4. The Hall–Kier alpha value is -4.35. The molecule has 12 nitrogen and oxygen atoms in total. The third-order valence-corrected chi connectivity index (χ3v) is 4.86. The average Bonchev–Trinajstić information content (AvgIpc) is 2.78. The first-order valence-electron chi connectivity index (χ1n) is 10.1. The highest BCUT2D eigenvalue weighted by Crippen LogP contribution is 2.19. The summed E-state index contributed by atoms with van der Waals surface area (Å²) in [6.07, 6.45) is 2.69. The van der Waals surface area contributed by atoms with Crippen LogP contribution in [0.1, 0.15) is 35.3 Å². The van der Waals surface area contributed by atoms with Crippen LogP contribution in [0.25, 0.3) is 11.2 Å². The fraction of sp³-hybridized carbons (Fsp3) is 0.286. The molecule has 172 valence electrons. The van der Waals surface area contributed by atoms with Gasteiger partial charge in [0.2, 0.25) is 5.95 Å². The Bertz CT molecular complexity index is 1170. The van der Waals surface area contributed by atoms with Crippen molar-refractivity contribution in [2.75, 3.05) is 23.4 Å². The average molecular weight is 452 g/mol. The van der Waals surface area contributed by atoms with E-state index in [1.54, 1.807) is 30.5 Å². The van der Waals surface area contributed by atoms with Crippen molar-refractivity contribution in [1.82, 2.24) is 25.3 Å². The van der Waals surface area contributed by atoms with E-state index in [-0.39, 0.29) is 24.6 Å². The second kappa shape index (κ2) is 10.3. The first-order valence-corrected chi connectivity index (χ1v) is 10.1. The molecule has 6 N–H and O–H groups in total. The Morgan fingerprint density at radius 2 is 1.91 bits per heavy atom. The minimum Gasteiger partial charge on any atom is -0.481 e. The number of aldehydes is 1. The van der Waals surface area contributed by atoms with Crippen LogP contribution in [0.2, 0.25) is 0 Å². The fourth-order valence-electron chi connectivity index (χ4n) is 3.16. The lowest BCUT2D eigenvalue weighted by Gasteiger charge is -2.19. The molecule has 1 aromatic carbocycles. The number of aromatic nitrogens is 4. The summed E-state index contributed by atoms with van der Waals surface area (Å²) >= 11 is 0. The van der Waals surface area contributed by atoms with E-state index < -0.39 is 17.9 Å². The Morgan fingerprint density at radius 1 is 1.18 bits per heavy atom. The number of fused-ring (bicyclic) bond motifs is 1. The normalized spacial score (nSPS) is 11.7. The molecule has 0 saturated heterocycles. The van der Waals surface area contributed by atoms with Gasteiger partial charge in [-0.25, -0.2) is 9.97 Å². The molecule has 0 aliphatic rings. The molecular formula is C21H24N8O4. The number of carboxylic acids is 1. The number of carbonyl (C=O) groups excluding carboxylic acids is 2. The Balaban J connectivity index is 1.63. The SMILES string of the molecule is CN(Cc1cnc2nc(N)nc(N)c2n1)c1ccc(C(=O)NC(C=O)CCCC(=O)O)cc1. The van der Waals surface area contributed by atoms with Gasteiger partial charge in [0, 0.05) is 24.7 Å². The molecule has 0 bridgehead atoms. The van der Waals surface area contributed by atoms with Gasteiger partial charge in [-0.3, -0.25) is 9.59 Å². The quantitative estimate of drug-likeness (QED) is 0.318. The van der Waals surface area contributed by atoms with Gasteiger partial charge in [-0.15, -0.1) is 0 Å². The van der Waals surface area contributed by atoms with E-state index in [4.69, 9.17) is 16.6 Å². The van der Waals surface area contributed by atoms with Crippen molar-refractivity contribution in [2.45, 2.75) is 31.8 Å². The molecule has 12 heteroatoms. The molecule has 0 aliphatic carbocycles. The number of carboxylic acid groups (broad SMARTS) is 1. The van der Waals surface area contributed by atoms with Crippen LogP contribution in [0.3, 0.4) is 0 Å². The molecule has 1 amide bonds. The Morgan fingerprint density at radius 3 is 2.58 bits per heavy atom. The summed E-state index contributed by atoms with van der Waals surface area (Å²) in [5.74, 6) is -1.17. The lowest BCUT2D eigenvalue weighted by Crippen LogP contribution is -2.36. The number of anilines is 3. The largest absolute Gasteiger partial charge is 0.481 e. The molecule has 2 aromatic heterocycles. The molecule has 0 saturated carbocycles. The first kappa shape index (κ1) is 23.3. The van der Waals surface area contributed by atoms with E-state index in [0.29, 0.717) is 41.7 Å². The van der Waals surface area contributed by atoms with Crippen LogP contribution in [-0.2, 0) is 16.1 Å². The molecule has 1 atom stereocenters. The zero-order valence-electron chi connectivity index (χ0n) is 17.9. The van der Waals surface area contributed by atoms with Crippen LogP contribution in [0, 0.1) is 0 Å². The van der Waals surface area contributed by atoms with Crippen LogP contribution in [0.5, 0.6) is 0 Å². The zero-order valence-corrected chi connectivity index (χ0v) is 17.9. The number of nitrogens with two attached hydrogens (primary N) is 2. The van der Waals surface area contributed by atoms with Crippen LogP contribution in [0.15, 0.2) is 30.5 Å². The lowest BCUT2D eigenvalue weighted by molar-refractivity contribution is -0.137. The van der Waals surface area contributed by atoms with Crippen LogP contribution >= 0.6 is 0 Å². The van der Waals surface area contributed by atoms with Crippen LogP contribution in [-0.4, -0.2) is 56.3 Å². The molecule has 3 rings (SSSR count). The molecule has 2 heterocycles. The second-order valence-electron chi connectivity index (χ2n) is 7.41. The summed E-state index contributed by atoms with van der Waals surface area (Å²) in [5, 5.41) is 11.3. The number of amides is 1. The van der Waals surface area contributed by atoms with E-state index in [2.05, 4.69) is 25.3 Å². The van der Waals surface area contributed by atoms with Gasteiger partial charge >= 0.3 is 5.97 Å². The van der Waals surface area contributed by atoms with E-state index >= 15 is 0 Å². The molecule has 3 aromatic rings. The van der Waals surface area contributed by atoms with Gasteiger partial charge in [-0.05, 0) is 37.1 Å². The third-order valence-electron chi connectivity index (χ3n) is 4.86. The highest BCUT2D eigenvalue weighted by Gasteiger charge is 2.14. The minimum atomic E-state index is -0.943. The Kier molecular flexibility index (Phi) is 7.28. The number of nitrogens with zero attached hydrogens (tertiary/aromatic N) is 5. The summed E-state index contributed by atoms with van der Waals surface area (Å²) in [5.41, 5.74) is 14.0. The van der Waals surface area contributed by atoms with E-state index in [9.17, 15) is 14.4 Å². The molecule has 0 spiro atoms. The molecule has 0 aliphatic heterocycles. The number of hydrogen-bond acceptors (Lipinski definition) is 10. The number of rotatable bonds is 10. The predicted molar refractivity (Wildman–Crippen MR) is 121 cm³/mol. The minimum absolute atomic E-state index is 0.0306. The van der Waals surface area contributed by atoms with Crippen molar-refractivity contribution in [3.8, 4) is 0 Å². The summed E-state index contributed by atoms with van der Waals surface area (Å²) in [6.45, 7) is 0.412. The van der Waals surface area contributed by atoms with Gasteiger partial charge in [0.1, 0.15) is 6.29 Å². The molecular weight excluding hydrogens is 428 g/mol. The van der Waals surface area contributed by atoms with Gasteiger partial charge in [0.15, 0.2) is 17.0 Å². The van der Waals surface area contributed by atoms with Gasteiger partial charge in [0.25, 0.3) is 5.91 Å². The maximum atomic E-state index is 12.4. The van der Waals surface area contributed by atoms with Crippen molar-refractivity contribution >= 4 is 46.8 Å². The van der Waals surface area contributed by atoms with Gasteiger partial charge in [0.05, 0.1) is 24.5 Å². The van der Waals surface area contributed by atoms with E-state index in [1.165, 1.54) is 0 Å². The first-order chi connectivity index (χ1) is 15.8. The topological polar surface area (TPSA) is 190 Å². The highest BCUT2D eigenvalue weighted by molar-refractivity contribution is 5.96. The van der Waals surface area contributed by atoms with Gasteiger partial charge < -0.3 is 31.6 Å². The maximum Gasteiger partial charge on any atom is 0.303 e. The van der Waals surface area contributed by atoms with Crippen LogP contribution < -0.4 is 21.7 Å². The summed E-state index contributed by atoms with van der Waals surface area (Å²) < 4.78 is 0. The summed E-state index contributed by atoms with van der Waals surface area (Å²) in [7, 11) is 1.86. The lowest BCUT2D eigenvalue weighted by atomic mass is 10.1. The molecule has 0 radical (unpaired) electrons. The van der Waals surface area contributed by atoms with Crippen molar-refractivity contribution in [3.63, 3.8) is 0 Å². The van der Waals surface area contributed by atoms with E-state index in [1.807, 2.05) is 11.9 Å². The molecule has 1 unspecified atom stereocenters. The third kappa shape index (κ3) is 6.09. The number of nitrogen functional groups attached to an aromatic ring is 2. The molecule has 33 heavy (non-hydrogen) atoms. The summed E-state index contributed by atoms with van der Waals surface area (Å²) in [6, 6.07) is 6.07. The van der Waals surface area contributed by atoms with Gasteiger partial charge in [-0.1, -0.05) is 0 Å². The number of carbonyl (C=O) groups is 3. The maximum absolute atomic E-state index is 12.4. The number of benzene rings is 1. The molecule has 0 fully saturated rings. The van der Waals surface area contributed by atoms with Crippen molar-refractivity contribution in [3.05, 3.63) is 41.7 Å². The van der Waals surface area contributed by atoms with Crippen molar-refractivity contribution < 1.29 is 19.5 Å². The fourth-order valence-corrected chi connectivity index (χ4v) is 3.16. The highest BCUT2D eigenvalue weighted by atomic mass is 16.4. The number of nitrogens with one attached hydrogen (secondary N) is 1. The van der Waals surface area contributed by atoms with Gasteiger partial charge in [-0.2, -0.15) is 9.97 Å². The van der Waals surface area contributed by atoms with Crippen molar-refractivity contribution in [2.24, 2.45) is 0 Å². The summed E-state index contributed by atoms with van der Waals surface area (Å²) in [4.78, 5) is 52.7. The predicted octanol–water partition coefficient (Wildman–Crippen LogP) is 0.773. The van der Waals surface area contributed by atoms with Crippen molar-refractivity contribution in [1.29, 1.82) is 0 Å². The van der Waals surface area contributed by atoms with Crippen LogP contribution in [0.4, 0.5) is 17.5 Å². The Labute approximate surface area is 189 Å². The number of aliphatic carboxylic acids is 1. The monoisotopic (exact) mass is 452 g/mol. The van der Waals surface area contributed by atoms with E-state index in [0.717, 1.165) is 5.69 Å². The second-order valence-corrected chi connectivity index (χ2v) is 7.41. The standard InChI is InChI=1S/C21H24N8O4/c1-29(10-14-9-24-19-17(25-14)18(22)27-21(23)28-19)15-7-5-12(6-8-15)20(33)26-13(11-30)3-2-4-16(31)32/h5-9,11,13H,2-4,10H2,1H3,(H,26,33)(H,31,32)(H4,22,23,24,27,28). The zero-order chi connectivity index (χ0) is 24.0. The smallest absolute Gasteiger partial charge is 0.303 e.